The molecule has 2 rings (SSSR count). The number of benzene rings is 1. The fraction of sp³-hybridized carbons (Fsp3) is 0.467. The number of thiocarbonyl (C=S) groups is 1. The van der Waals surface area contributed by atoms with E-state index in [0.29, 0.717) is 25.1 Å². The van der Waals surface area contributed by atoms with E-state index in [-0.39, 0.29) is 16.5 Å². The lowest BCUT2D eigenvalue weighted by atomic mass is 10.1. The van der Waals surface area contributed by atoms with Gasteiger partial charge < -0.3 is 10.6 Å². The third-order valence-electron chi connectivity index (χ3n) is 3.63. The molecule has 20 heavy (non-hydrogen) atoms. The second kappa shape index (κ2) is 6.79. The van der Waals surface area contributed by atoms with Gasteiger partial charge in [-0.05, 0) is 18.9 Å². The number of rotatable bonds is 3. The Morgan fingerprint density at radius 3 is 2.80 bits per heavy atom. The standard InChI is InChI=1S/C15H19FN2OS/c16-14-11(6-5-7-12(14)15(17)20)10-18-9-4-2-1-3-8-13(18)19/h5-7H,1-4,8-10H2,(H2,17,20). The van der Waals surface area contributed by atoms with E-state index < -0.39 is 5.82 Å². The van der Waals surface area contributed by atoms with Gasteiger partial charge in [0.25, 0.3) is 0 Å². The minimum absolute atomic E-state index is 0.0448. The molecule has 1 aromatic carbocycles. The molecular formula is C15H19FN2OS. The van der Waals surface area contributed by atoms with Crippen LogP contribution in [0.25, 0.3) is 0 Å². The normalized spacial score (nSPS) is 16.6. The second-order valence-electron chi connectivity index (χ2n) is 5.12. The third kappa shape index (κ3) is 3.54. The summed E-state index contributed by atoms with van der Waals surface area (Å²) in [4.78, 5) is 13.8. The molecule has 2 N–H and O–H groups in total. The summed E-state index contributed by atoms with van der Waals surface area (Å²) in [6.45, 7) is 0.983. The van der Waals surface area contributed by atoms with E-state index in [1.807, 2.05) is 0 Å². The summed E-state index contributed by atoms with van der Waals surface area (Å²) in [6, 6.07) is 4.97. The number of nitrogens with zero attached hydrogens (tertiary/aromatic N) is 1. The van der Waals surface area contributed by atoms with E-state index in [4.69, 9.17) is 18.0 Å². The molecule has 1 amide bonds. The van der Waals surface area contributed by atoms with E-state index in [2.05, 4.69) is 0 Å². The number of halogens is 1. The number of carbonyl (C=O) groups is 1. The molecule has 1 heterocycles. The maximum absolute atomic E-state index is 14.3. The summed E-state index contributed by atoms with van der Waals surface area (Å²) in [5, 5.41) is 0. The first-order valence-corrected chi connectivity index (χ1v) is 7.35. The van der Waals surface area contributed by atoms with Gasteiger partial charge in [0.2, 0.25) is 5.91 Å². The first kappa shape index (κ1) is 14.9. The van der Waals surface area contributed by atoms with Crippen molar-refractivity contribution in [1.82, 2.24) is 4.90 Å². The highest BCUT2D eigenvalue weighted by Crippen LogP contribution is 2.18. The van der Waals surface area contributed by atoms with Crippen LogP contribution in [0.2, 0.25) is 0 Å². The highest BCUT2D eigenvalue weighted by Gasteiger charge is 2.18. The van der Waals surface area contributed by atoms with Gasteiger partial charge in [-0.15, -0.1) is 0 Å². The molecule has 1 aliphatic heterocycles. The molecule has 1 aliphatic rings. The molecule has 5 heteroatoms. The Morgan fingerprint density at radius 2 is 2.05 bits per heavy atom. The van der Waals surface area contributed by atoms with Crippen molar-refractivity contribution in [3.05, 3.63) is 35.1 Å². The van der Waals surface area contributed by atoms with Gasteiger partial charge in [0.1, 0.15) is 10.8 Å². The maximum atomic E-state index is 14.3. The van der Waals surface area contributed by atoms with E-state index in [1.165, 1.54) is 0 Å². The van der Waals surface area contributed by atoms with Gasteiger partial charge in [0, 0.05) is 30.6 Å². The second-order valence-corrected chi connectivity index (χ2v) is 5.56. The van der Waals surface area contributed by atoms with Crippen LogP contribution in [0.15, 0.2) is 18.2 Å². The lowest BCUT2D eigenvalue weighted by Crippen LogP contribution is -2.32. The summed E-state index contributed by atoms with van der Waals surface area (Å²) >= 11 is 4.83. The third-order valence-corrected chi connectivity index (χ3v) is 3.85. The van der Waals surface area contributed by atoms with E-state index >= 15 is 0 Å². The maximum Gasteiger partial charge on any atom is 0.222 e. The van der Waals surface area contributed by atoms with Crippen LogP contribution in [-0.4, -0.2) is 22.3 Å². The van der Waals surface area contributed by atoms with Crippen LogP contribution in [0.3, 0.4) is 0 Å². The number of carbonyl (C=O) groups excluding carboxylic acids is 1. The molecule has 3 nitrogen and oxygen atoms in total. The average molecular weight is 294 g/mol. The Bertz CT molecular complexity index is 519. The van der Waals surface area contributed by atoms with Crippen LogP contribution in [0.1, 0.15) is 43.2 Å². The first-order valence-electron chi connectivity index (χ1n) is 6.94. The summed E-state index contributed by atoms with van der Waals surface area (Å²) in [5.74, 6) is -0.306. The first-order chi connectivity index (χ1) is 9.59. The lowest BCUT2D eigenvalue weighted by Gasteiger charge is -2.25. The highest BCUT2D eigenvalue weighted by atomic mass is 32.1. The van der Waals surface area contributed by atoms with Gasteiger partial charge >= 0.3 is 0 Å². The molecule has 0 unspecified atom stereocenters. The van der Waals surface area contributed by atoms with Crippen molar-refractivity contribution >= 4 is 23.1 Å². The highest BCUT2D eigenvalue weighted by molar-refractivity contribution is 7.80. The van der Waals surface area contributed by atoms with Gasteiger partial charge in [-0.2, -0.15) is 0 Å². The van der Waals surface area contributed by atoms with Gasteiger partial charge in [-0.3, -0.25) is 4.79 Å². The smallest absolute Gasteiger partial charge is 0.222 e. The minimum Gasteiger partial charge on any atom is -0.389 e. The van der Waals surface area contributed by atoms with Crippen LogP contribution in [0.5, 0.6) is 0 Å². The Morgan fingerprint density at radius 1 is 1.30 bits per heavy atom. The van der Waals surface area contributed by atoms with Gasteiger partial charge in [0.05, 0.1) is 0 Å². The number of amides is 1. The molecule has 108 valence electrons. The molecule has 1 saturated heterocycles. The Labute approximate surface area is 123 Å². The Balaban J connectivity index is 2.17. The van der Waals surface area contributed by atoms with E-state index in [9.17, 15) is 9.18 Å². The zero-order valence-corrected chi connectivity index (χ0v) is 12.2. The van der Waals surface area contributed by atoms with Crippen molar-refractivity contribution in [1.29, 1.82) is 0 Å². The van der Waals surface area contributed by atoms with Crippen molar-refractivity contribution in [3.63, 3.8) is 0 Å². The predicted octanol–water partition coefficient (Wildman–Crippen LogP) is 2.75. The molecule has 1 fully saturated rings. The summed E-state index contributed by atoms with van der Waals surface area (Å²) in [5.41, 5.74) is 6.22. The molecular weight excluding hydrogens is 275 g/mol. The Kier molecular flexibility index (Phi) is 5.06. The molecule has 0 atom stereocenters. The van der Waals surface area contributed by atoms with Crippen LogP contribution in [-0.2, 0) is 11.3 Å². The summed E-state index contributed by atoms with van der Waals surface area (Å²) in [7, 11) is 0. The van der Waals surface area contributed by atoms with Crippen molar-refractivity contribution in [2.45, 2.75) is 38.6 Å². The lowest BCUT2D eigenvalue weighted by molar-refractivity contribution is -0.132. The summed E-state index contributed by atoms with van der Waals surface area (Å²) < 4.78 is 14.3. The monoisotopic (exact) mass is 294 g/mol. The van der Waals surface area contributed by atoms with Crippen LogP contribution >= 0.6 is 12.2 Å². The molecule has 0 aromatic heterocycles. The van der Waals surface area contributed by atoms with Crippen LogP contribution in [0, 0.1) is 5.82 Å². The molecule has 0 bridgehead atoms. The zero-order chi connectivity index (χ0) is 14.5. The fourth-order valence-corrected chi connectivity index (χ4v) is 2.64. The van der Waals surface area contributed by atoms with Crippen molar-refractivity contribution in [3.8, 4) is 0 Å². The number of hydrogen-bond acceptors (Lipinski definition) is 2. The fourth-order valence-electron chi connectivity index (χ4n) is 2.48. The molecule has 0 radical (unpaired) electrons. The number of nitrogens with two attached hydrogens (primary N) is 1. The van der Waals surface area contributed by atoms with Crippen LogP contribution < -0.4 is 5.73 Å². The minimum atomic E-state index is -0.408. The Hall–Kier alpha value is -1.49. The van der Waals surface area contributed by atoms with E-state index in [1.54, 1.807) is 23.1 Å². The van der Waals surface area contributed by atoms with Crippen molar-refractivity contribution in [2.24, 2.45) is 5.73 Å². The molecule has 0 saturated carbocycles. The topological polar surface area (TPSA) is 46.3 Å². The van der Waals surface area contributed by atoms with Gasteiger partial charge in [-0.1, -0.05) is 37.2 Å². The SMILES string of the molecule is NC(=S)c1cccc(CN2CCCCCCC2=O)c1F. The molecule has 0 spiro atoms. The zero-order valence-electron chi connectivity index (χ0n) is 11.4. The van der Waals surface area contributed by atoms with Gasteiger partial charge in [-0.25, -0.2) is 4.39 Å². The predicted molar refractivity (Wildman–Crippen MR) is 80.8 cm³/mol. The quantitative estimate of drug-likeness (QED) is 0.872. The average Bonchev–Trinajstić information content (AvgIpc) is 2.40. The van der Waals surface area contributed by atoms with Crippen molar-refractivity contribution < 1.29 is 9.18 Å². The molecule has 1 aromatic rings. The van der Waals surface area contributed by atoms with Gasteiger partial charge in [0.15, 0.2) is 0 Å². The van der Waals surface area contributed by atoms with Crippen molar-refractivity contribution in [2.75, 3.05) is 6.54 Å². The van der Waals surface area contributed by atoms with E-state index in [0.717, 1.165) is 25.7 Å². The number of likely N-dealkylation sites (tertiary alicyclic amines) is 1. The largest absolute Gasteiger partial charge is 0.389 e. The summed E-state index contributed by atoms with van der Waals surface area (Å²) in [6.07, 6.45) is 4.67. The number of hydrogen-bond donors (Lipinski definition) is 1. The van der Waals surface area contributed by atoms with Crippen LogP contribution in [0.4, 0.5) is 4.39 Å². The molecule has 0 aliphatic carbocycles.